The number of aliphatic carboxylic acids is 1. The molecule has 0 fully saturated rings. The van der Waals surface area contributed by atoms with Gasteiger partial charge in [-0.05, 0) is 13.0 Å². The highest BCUT2D eigenvalue weighted by Crippen LogP contribution is 2.21. The third kappa shape index (κ3) is 3.17. The monoisotopic (exact) mass is 272 g/mol. The molecule has 8 heteroatoms. The Labute approximate surface area is 107 Å². The van der Waals surface area contributed by atoms with Crippen LogP contribution in [0.2, 0.25) is 5.02 Å². The van der Waals surface area contributed by atoms with Gasteiger partial charge in [0, 0.05) is 12.1 Å². The van der Waals surface area contributed by atoms with E-state index in [4.69, 9.17) is 16.7 Å². The molecule has 1 rings (SSSR count). The van der Waals surface area contributed by atoms with Crippen LogP contribution in [0.25, 0.3) is 0 Å². The molecule has 0 saturated heterocycles. The van der Waals surface area contributed by atoms with Crippen molar-refractivity contribution in [1.29, 1.82) is 0 Å². The zero-order valence-corrected chi connectivity index (χ0v) is 9.97. The number of carboxylic acid groups (broad SMARTS) is 1. The number of nitro benzene ring substituents is 1. The number of hydrogen-bond donors (Lipinski definition) is 2. The quantitative estimate of drug-likeness (QED) is 0.637. The number of non-ortho nitro benzene ring substituents is 1. The van der Waals surface area contributed by atoms with Crippen LogP contribution in [0.1, 0.15) is 17.3 Å². The first kappa shape index (κ1) is 13.9. The summed E-state index contributed by atoms with van der Waals surface area (Å²) in [5.74, 6) is -2.00. The summed E-state index contributed by atoms with van der Waals surface area (Å²) >= 11 is 5.73. The largest absolute Gasteiger partial charge is 0.480 e. The maximum Gasteiger partial charge on any atom is 0.325 e. The Morgan fingerprint density at radius 3 is 2.61 bits per heavy atom. The number of carbonyl (C=O) groups is 2. The van der Waals surface area contributed by atoms with E-state index in [1.165, 1.54) is 13.0 Å². The summed E-state index contributed by atoms with van der Waals surface area (Å²) in [6.07, 6.45) is 0. The maximum atomic E-state index is 11.7. The van der Waals surface area contributed by atoms with E-state index < -0.39 is 22.8 Å². The van der Waals surface area contributed by atoms with Crippen LogP contribution in [0, 0.1) is 10.1 Å². The number of nitrogens with zero attached hydrogens (tertiary/aromatic N) is 1. The highest BCUT2D eigenvalue weighted by Gasteiger charge is 2.19. The normalized spacial score (nSPS) is 11.7. The Kier molecular flexibility index (Phi) is 4.22. The van der Waals surface area contributed by atoms with E-state index in [1.54, 1.807) is 0 Å². The minimum Gasteiger partial charge on any atom is -0.480 e. The fraction of sp³-hybridized carbons (Fsp3) is 0.200. The SMILES string of the molecule is CC(NC(=O)c1cc([N+](=O)[O-])ccc1Cl)C(=O)O. The lowest BCUT2D eigenvalue weighted by Crippen LogP contribution is -2.38. The third-order valence-electron chi connectivity index (χ3n) is 2.12. The zero-order valence-electron chi connectivity index (χ0n) is 9.21. The van der Waals surface area contributed by atoms with Crippen molar-refractivity contribution in [3.63, 3.8) is 0 Å². The van der Waals surface area contributed by atoms with Crippen molar-refractivity contribution in [1.82, 2.24) is 5.32 Å². The van der Waals surface area contributed by atoms with Gasteiger partial charge in [0.05, 0.1) is 15.5 Å². The lowest BCUT2D eigenvalue weighted by atomic mass is 10.1. The number of nitro groups is 1. The molecule has 0 bridgehead atoms. The van der Waals surface area contributed by atoms with Gasteiger partial charge in [0.1, 0.15) is 6.04 Å². The lowest BCUT2D eigenvalue weighted by molar-refractivity contribution is -0.384. The summed E-state index contributed by atoms with van der Waals surface area (Å²) in [5, 5.41) is 21.4. The number of benzene rings is 1. The van der Waals surface area contributed by atoms with Crippen LogP contribution in [0.3, 0.4) is 0 Å². The maximum absolute atomic E-state index is 11.7. The zero-order chi connectivity index (χ0) is 13.9. The summed E-state index contributed by atoms with van der Waals surface area (Å²) < 4.78 is 0. The van der Waals surface area contributed by atoms with Gasteiger partial charge in [-0.3, -0.25) is 19.7 Å². The van der Waals surface area contributed by atoms with E-state index in [-0.39, 0.29) is 16.3 Å². The van der Waals surface area contributed by atoms with E-state index in [9.17, 15) is 19.7 Å². The summed E-state index contributed by atoms with van der Waals surface area (Å²) in [5.41, 5.74) is -0.438. The van der Waals surface area contributed by atoms with E-state index in [2.05, 4.69) is 5.32 Å². The van der Waals surface area contributed by atoms with Crippen molar-refractivity contribution < 1.29 is 19.6 Å². The molecule has 1 aromatic carbocycles. The molecule has 7 nitrogen and oxygen atoms in total. The van der Waals surface area contributed by atoms with E-state index in [0.29, 0.717) is 0 Å². The number of nitrogens with one attached hydrogen (secondary N) is 1. The molecule has 0 aliphatic carbocycles. The summed E-state index contributed by atoms with van der Waals surface area (Å²) in [6, 6.07) is 2.24. The van der Waals surface area contributed by atoms with Crippen molar-refractivity contribution >= 4 is 29.2 Å². The van der Waals surface area contributed by atoms with Crippen LogP contribution in [0.5, 0.6) is 0 Å². The molecule has 18 heavy (non-hydrogen) atoms. The number of carboxylic acids is 1. The van der Waals surface area contributed by atoms with Gasteiger partial charge < -0.3 is 10.4 Å². The second-order valence-corrected chi connectivity index (χ2v) is 3.86. The summed E-state index contributed by atoms with van der Waals surface area (Å²) in [4.78, 5) is 32.1. The Balaban J connectivity index is 3.01. The van der Waals surface area contributed by atoms with Gasteiger partial charge in [-0.2, -0.15) is 0 Å². The molecule has 0 radical (unpaired) electrons. The van der Waals surface area contributed by atoms with Gasteiger partial charge in [-0.15, -0.1) is 0 Å². The smallest absolute Gasteiger partial charge is 0.325 e. The average Bonchev–Trinajstić information content (AvgIpc) is 2.28. The van der Waals surface area contributed by atoms with Gasteiger partial charge in [0.2, 0.25) is 0 Å². The number of halogens is 1. The van der Waals surface area contributed by atoms with Crippen LogP contribution in [-0.4, -0.2) is 27.9 Å². The lowest BCUT2D eigenvalue weighted by Gasteiger charge is -2.09. The molecule has 0 aliphatic heterocycles. The van der Waals surface area contributed by atoms with Crippen molar-refractivity contribution in [2.24, 2.45) is 0 Å². The molecule has 0 spiro atoms. The molecular formula is C10H9ClN2O5. The van der Waals surface area contributed by atoms with Crippen molar-refractivity contribution in [2.75, 3.05) is 0 Å². The minimum absolute atomic E-state index is 0.00990. The van der Waals surface area contributed by atoms with Gasteiger partial charge in [-0.25, -0.2) is 0 Å². The number of amides is 1. The predicted molar refractivity (Wildman–Crippen MR) is 62.7 cm³/mol. The first-order chi connectivity index (χ1) is 8.32. The summed E-state index contributed by atoms with van der Waals surface area (Å²) in [6.45, 7) is 1.27. The molecule has 0 aromatic heterocycles. The first-order valence-corrected chi connectivity index (χ1v) is 5.18. The highest BCUT2D eigenvalue weighted by atomic mass is 35.5. The molecule has 0 aliphatic rings. The Bertz CT molecular complexity index is 517. The third-order valence-corrected chi connectivity index (χ3v) is 2.45. The number of carbonyl (C=O) groups excluding carboxylic acids is 1. The van der Waals surface area contributed by atoms with Crippen LogP contribution >= 0.6 is 11.6 Å². The summed E-state index contributed by atoms with van der Waals surface area (Å²) in [7, 11) is 0. The van der Waals surface area contributed by atoms with Gasteiger partial charge in [0.25, 0.3) is 11.6 Å². The standard InChI is InChI=1S/C10H9ClN2O5/c1-5(10(15)16)12-9(14)7-4-6(13(17)18)2-3-8(7)11/h2-5H,1H3,(H,12,14)(H,15,16). The Morgan fingerprint density at radius 1 is 1.50 bits per heavy atom. The van der Waals surface area contributed by atoms with Crippen LogP contribution in [-0.2, 0) is 4.79 Å². The van der Waals surface area contributed by atoms with Gasteiger partial charge in [0.15, 0.2) is 0 Å². The second-order valence-electron chi connectivity index (χ2n) is 3.45. The van der Waals surface area contributed by atoms with Crippen molar-refractivity contribution in [3.8, 4) is 0 Å². The second kappa shape index (κ2) is 5.46. The van der Waals surface area contributed by atoms with Crippen LogP contribution in [0.15, 0.2) is 18.2 Å². The highest BCUT2D eigenvalue weighted by molar-refractivity contribution is 6.34. The van der Waals surface area contributed by atoms with Gasteiger partial charge >= 0.3 is 5.97 Å². The topological polar surface area (TPSA) is 110 Å². The Hall–Kier alpha value is -2.15. The fourth-order valence-corrected chi connectivity index (χ4v) is 1.34. The van der Waals surface area contributed by atoms with E-state index in [0.717, 1.165) is 12.1 Å². The van der Waals surface area contributed by atoms with Crippen LogP contribution < -0.4 is 5.32 Å². The average molecular weight is 273 g/mol. The molecule has 0 heterocycles. The first-order valence-electron chi connectivity index (χ1n) is 4.80. The van der Waals surface area contributed by atoms with Gasteiger partial charge in [-0.1, -0.05) is 11.6 Å². The molecular weight excluding hydrogens is 264 g/mol. The molecule has 1 unspecified atom stereocenters. The van der Waals surface area contributed by atoms with Crippen molar-refractivity contribution in [3.05, 3.63) is 38.9 Å². The molecule has 1 atom stereocenters. The van der Waals surface area contributed by atoms with E-state index in [1.807, 2.05) is 0 Å². The fourth-order valence-electron chi connectivity index (χ4n) is 1.14. The van der Waals surface area contributed by atoms with Crippen molar-refractivity contribution in [2.45, 2.75) is 13.0 Å². The number of rotatable bonds is 4. The van der Waals surface area contributed by atoms with Crippen LogP contribution in [0.4, 0.5) is 5.69 Å². The molecule has 0 saturated carbocycles. The minimum atomic E-state index is -1.22. The molecule has 1 amide bonds. The number of hydrogen-bond acceptors (Lipinski definition) is 4. The van der Waals surface area contributed by atoms with E-state index >= 15 is 0 Å². The molecule has 2 N–H and O–H groups in total. The predicted octanol–water partition coefficient (Wildman–Crippen LogP) is 1.45. The molecule has 96 valence electrons. The molecule has 1 aromatic rings. The Morgan fingerprint density at radius 2 is 2.11 bits per heavy atom.